The smallest absolute Gasteiger partial charge is 0.276 e. The molecule has 0 aliphatic rings. The Morgan fingerprint density at radius 3 is 2.73 bits per heavy atom. The molecule has 0 unspecified atom stereocenters. The van der Waals surface area contributed by atoms with Crippen molar-refractivity contribution in [3.05, 3.63) is 81.9 Å². The Kier molecular flexibility index (Phi) is 5.44. The first-order valence-electron chi connectivity index (χ1n) is 9.26. The number of thiophene rings is 1. The fourth-order valence-electron chi connectivity index (χ4n) is 2.99. The van der Waals surface area contributed by atoms with Gasteiger partial charge in [0.15, 0.2) is 5.69 Å². The van der Waals surface area contributed by atoms with E-state index in [1.54, 1.807) is 36.3 Å². The summed E-state index contributed by atoms with van der Waals surface area (Å²) >= 11 is 1.34. The highest BCUT2D eigenvalue weighted by molar-refractivity contribution is 7.12. The Morgan fingerprint density at radius 2 is 1.97 bits per heavy atom. The van der Waals surface area contributed by atoms with Gasteiger partial charge in [-0.2, -0.15) is 10.2 Å². The number of carbonyl (C=O) groups excluding carboxylic acids is 2. The molecule has 0 aliphatic heterocycles. The molecule has 1 aromatic carbocycles. The monoisotopic (exact) mass is 420 g/mol. The van der Waals surface area contributed by atoms with Gasteiger partial charge in [0.05, 0.1) is 23.3 Å². The zero-order valence-corrected chi connectivity index (χ0v) is 17.3. The number of benzene rings is 1. The Hall–Kier alpha value is -3.72. The van der Waals surface area contributed by atoms with Crippen LogP contribution in [-0.4, -0.2) is 31.4 Å². The van der Waals surface area contributed by atoms with E-state index < -0.39 is 0 Å². The molecule has 0 saturated carbocycles. The normalized spacial score (nSPS) is 10.7. The number of hydrogen-bond acceptors (Lipinski definition) is 5. The number of carbonyl (C=O) groups is 2. The summed E-state index contributed by atoms with van der Waals surface area (Å²) in [6.45, 7) is 2.66. The van der Waals surface area contributed by atoms with Gasteiger partial charge in [-0.25, -0.2) is 0 Å². The molecular formula is C21H20N6O2S. The fraction of sp³-hybridized carbons (Fsp3) is 0.143. The summed E-state index contributed by atoms with van der Waals surface area (Å²) in [6, 6.07) is 13.3. The van der Waals surface area contributed by atoms with E-state index in [1.807, 2.05) is 30.5 Å². The molecule has 152 valence electrons. The lowest BCUT2D eigenvalue weighted by molar-refractivity contribution is 0.101. The SMILES string of the molecule is Cc1cccc(Cn2cc(NC(=O)c3cc(NC(=O)c4cccs4)n(C)n3)cn2)c1. The molecule has 4 aromatic rings. The van der Waals surface area contributed by atoms with E-state index in [0.717, 1.165) is 5.56 Å². The van der Waals surface area contributed by atoms with Crippen LogP contribution in [0.1, 0.15) is 31.3 Å². The van der Waals surface area contributed by atoms with E-state index in [-0.39, 0.29) is 17.5 Å². The van der Waals surface area contributed by atoms with Crippen molar-refractivity contribution in [2.24, 2.45) is 7.05 Å². The van der Waals surface area contributed by atoms with Gasteiger partial charge in [0, 0.05) is 19.3 Å². The van der Waals surface area contributed by atoms with Gasteiger partial charge in [-0.1, -0.05) is 35.9 Å². The summed E-state index contributed by atoms with van der Waals surface area (Å²) in [6.07, 6.45) is 3.36. The van der Waals surface area contributed by atoms with Crippen LogP contribution in [0.3, 0.4) is 0 Å². The highest BCUT2D eigenvalue weighted by Crippen LogP contribution is 2.16. The number of aromatic nitrogens is 4. The van der Waals surface area contributed by atoms with Gasteiger partial charge in [-0.3, -0.25) is 19.0 Å². The highest BCUT2D eigenvalue weighted by Gasteiger charge is 2.16. The lowest BCUT2D eigenvalue weighted by atomic mass is 10.1. The highest BCUT2D eigenvalue weighted by atomic mass is 32.1. The maximum atomic E-state index is 12.6. The van der Waals surface area contributed by atoms with Gasteiger partial charge in [0.1, 0.15) is 5.82 Å². The number of nitrogens with zero attached hydrogens (tertiary/aromatic N) is 4. The molecule has 30 heavy (non-hydrogen) atoms. The molecule has 0 spiro atoms. The van der Waals surface area contributed by atoms with E-state index in [0.29, 0.717) is 22.9 Å². The first-order valence-corrected chi connectivity index (χ1v) is 10.1. The van der Waals surface area contributed by atoms with Gasteiger partial charge in [0.25, 0.3) is 11.8 Å². The number of hydrogen-bond donors (Lipinski definition) is 2. The Labute approximate surface area is 177 Å². The Morgan fingerprint density at radius 1 is 1.10 bits per heavy atom. The second-order valence-corrected chi connectivity index (χ2v) is 7.79. The Bertz CT molecular complexity index is 1190. The van der Waals surface area contributed by atoms with Crippen molar-refractivity contribution >= 4 is 34.7 Å². The molecule has 0 aliphatic carbocycles. The van der Waals surface area contributed by atoms with E-state index >= 15 is 0 Å². The van der Waals surface area contributed by atoms with Crippen molar-refractivity contribution in [2.45, 2.75) is 13.5 Å². The topological polar surface area (TPSA) is 93.8 Å². The van der Waals surface area contributed by atoms with Gasteiger partial charge in [0.2, 0.25) is 0 Å². The summed E-state index contributed by atoms with van der Waals surface area (Å²) in [4.78, 5) is 25.4. The number of nitrogens with one attached hydrogen (secondary N) is 2. The number of aryl methyl sites for hydroxylation is 2. The van der Waals surface area contributed by atoms with Crippen molar-refractivity contribution in [3.63, 3.8) is 0 Å². The van der Waals surface area contributed by atoms with E-state index in [2.05, 4.69) is 26.9 Å². The summed E-state index contributed by atoms with van der Waals surface area (Å²) in [5.41, 5.74) is 3.09. The van der Waals surface area contributed by atoms with Crippen LogP contribution in [0.5, 0.6) is 0 Å². The minimum absolute atomic E-state index is 0.199. The maximum absolute atomic E-state index is 12.6. The lowest BCUT2D eigenvalue weighted by Gasteiger charge is -2.03. The minimum Gasteiger partial charge on any atom is -0.318 e. The third-order valence-corrected chi connectivity index (χ3v) is 5.29. The molecule has 0 saturated heterocycles. The van der Waals surface area contributed by atoms with Gasteiger partial charge >= 0.3 is 0 Å². The average molecular weight is 420 g/mol. The van der Waals surface area contributed by atoms with Crippen LogP contribution in [0, 0.1) is 6.92 Å². The molecule has 9 heteroatoms. The Balaban J connectivity index is 1.41. The number of anilines is 2. The largest absolute Gasteiger partial charge is 0.318 e. The average Bonchev–Trinajstić information content (AvgIpc) is 3.44. The standard InChI is InChI=1S/C21H20N6O2S/c1-14-5-3-6-15(9-14)12-27-13-16(11-22-27)23-20(28)17-10-19(26(2)25-17)24-21(29)18-7-4-8-30-18/h3-11,13H,12H2,1-2H3,(H,23,28)(H,24,29). The predicted molar refractivity (Wildman–Crippen MR) is 116 cm³/mol. The van der Waals surface area contributed by atoms with Crippen LogP contribution in [0.2, 0.25) is 0 Å². The van der Waals surface area contributed by atoms with Crippen LogP contribution in [0.25, 0.3) is 0 Å². The molecule has 0 atom stereocenters. The first-order chi connectivity index (χ1) is 14.5. The lowest BCUT2D eigenvalue weighted by Crippen LogP contribution is -2.13. The van der Waals surface area contributed by atoms with E-state index in [1.165, 1.54) is 27.6 Å². The molecule has 2 N–H and O–H groups in total. The summed E-state index contributed by atoms with van der Waals surface area (Å²) < 4.78 is 3.22. The number of amides is 2. The summed E-state index contributed by atoms with van der Waals surface area (Å²) in [5, 5.41) is 15.9. The second-order valence-electron chi connectivity index (χ2n) is 6.84. The zero-order valence-electron chi connectivity index (χ0n) is 16.5. The molecule has 0 bridgehead atoms. The van der Waals surface area contributed by atoms with Crippen LogP contribution in [0.15, 0.2) is 60.2 Å². The van der Waals surface area contributed by atoms with Crippen LogP contribution >= 0.6 is 11.3 Å². The van der Waals surface area contributed by atoms with E-state index in [4.69, 9.17) is 0 Å². The first kappa shape index (κ1) is 19.6. The number of rotatable bonds is 6. The fourth-order valence-corrected chi connectivity index (χ4v) is 3.61. The third-order valence-electron chi connectivity index (χ3n) is 4.42. The van der Waals surface area contributed by atoms with Crippen LogP contribution < -0.4 is 10.6 Å². The van der Waals surface area contributed by atoms with Crippen LogP contribution in [0.4, 0.5) is 11.5 Å². The summed E-state index contributed by atoms with van der Waals surface area (Å²) in [7, 11) is 1.67. The van der Waals surface area contributed by atoms with Gasteiger partial charge < -0.3 is 10.6 Å². The molecule has 2 amide bonds. The molecular weight excluding hydrogens is 400 g/mol. The quantitative estimate of drug-likeness (QED) is 0.499. The summed E-state index contributed by atoms with van der Waals surface area (Å²) in [5.74, 6) is -0.177. The zero-order chi connectivity index (χ0) is 21.1. The van der Waals surface area contributed by atoms with Crippen molar-refractivity contribution in [1.82, 2.24) is 19.6 Å². The van der Waals surface area contributed by atoms with Crippen LogP contribution in [-0.2, 0) is 13.6 Å². The third kappa shape index (κ3) is 4.47. The van der Waals surface area contributed by atoms with Crippen molar-refractivity contribution in [3.8, 4) is 0 Å². The van der Waals surface area contributed by atoms with Crippen molar-refractivity contribution < 1.29 is 9.59 Å². The molecule has 3 heterocycles. The molecule has 4 rings (SSSR count). The maximum Gasteiger partial charge on any atom is 0.276 e. The van der Waals surface area contributed by atoms with Gasteiger partial charge in [-0.15, -0.1) is 11.3 Å². The molecule has 8 nitrogen and oxygen atoms in total. The van der Waals surface area contributed by atoms with Crippen molar-refractivity contribution in [1.29, 1.82) is 0 Å². The van der Waals surface area contributed by atoms with Crippen molar-refractivity contribution in [2.75, 3.05) is 10.6 Å². The second kappa shape index (κ2) is 8.34. The molecule has 0 fully saturated rings. The van der Waals surface area contributed by atoms with E-state index in [9.17, 15) is 9.59 Å². The molecule has 3 aromatic heterocycles. The predicted octanol–water partition coefficient (Wildman–Crippen LogP) is 3.54. The molecule has 0 radical (unpaired) electrons. The van der Waals surface area contributed by atoms with Gasteiger partial charge in [-0.05, 0) is 23.9 Å². The minimum atomic E-state index is -0.377.